The van der Waals surface area contributed by atoms with E-state index in [2.05, 4.69) is 10.3 Å². The lowest BCUT2D eigenvalue weighted by molar-refractivity contribution is 0.0134. The minimum atomic E-state index is -0.982. The number of rotatable bonds is 5. The van der Waals surface area contributed by atoms with Gasteiger partial charge in [0.15, 0.2) is 10.8 Å². The van der Waals surface area contributed by atoms with E-state index < -0.39 is 5.97 Å². The van der Waals surface area contributed by atoms with Crippen LogP contribution in [0.15, 0.2) is 5.38 Å². The second-order valence-electron chi connectivity index (χ2n) is 4.05. The Bertz CT molecular complexity index is 375. The fourth-order valence-corrected chi connectivity index (χ4v) is 2.54. The van der Waals surface area contributed by atoms with E-state index in [9.17, 15) is 4.79 Å². The van der Waals surface area contributed by atoms with Crippen molar-refractivity contribution >= 4 is 22.4 Å². The number of hydrogen-bond donors (Lipinski definition) is 2. The average molecular weight is 256 g/mol. The standard InChI is InChI=1S/C11H16N2O3S/c14-10(15)9-7-17-11(13-9)12-5-4-8-3-1-2-6-16-8/h7-8H,1-6H2,(H,12,13)(H,14,15). The van der Waals surface area contributed by atoms with E-state index in [1.165, 1.54) is 24.2 Å². The summed E-state index contributed by atoms with van der Waals surface area (Å²) in [6, 6.07) is 0. The molecule has 2 heterocycles. The fourth-order valence-electron chi connectivity index (χ4n) is 1.83. The molecule has 0 spiro atoms. The Balaban J connectivity index is 1.71. The van der Waals surface area contributed by atoms with Gasteiger partial charge >= 0.3 is 5.97 Å². The molecule has 5 nitrogen and oxygen atoms in total. The zero-order chi connectivity index (χ0) is 12.1. The number of ether oxygens (including phenoxy) is 1. The Kier molecular flexibility index (Phi) is 4.33. The third kappa shape index (κ3) is 3.67. The molecule has 0 bridgehead atoms. The lowest BCUT2D eigenvalue weighted by atomic mass is 10.1. The molecule has 0 aromatic carbocycles. The van der Waals surface area contributed by atoms with Crippen LogP contribution in [-0.4, -0.2) is 35.3 Å². The van der Waals surface area contributed by atoms with E-state index in [1.807, 2.05) is 0 Å². The fraction of sp³-hybridized carbons (Fsp3) is 0.636. The summed E-state index contributed by atoms with van der Waals surface area (Å²) in [5.41, 5.74) is 0.103. The summed E-state index contributed by atoms with van der Waals surface area (Å²) in [5, 5.41) is 14.1. The van der Waals surface area contributed by atoms with Crippen molar-refractivity contribution in [2.45, 2.75) is 31.8 Å². The van der Waals surface area contributed by atoms with Crippen molar-refractivity contribution in [2.24, 2.45) is 0 Å². The molecule has 0 radical (unpaired) electrons. The molecule has 1 unspecified atom stereocenters. The molecule has 6 heteroatoms. The van der Waals surface area contributed by atoms with Crippen LogP contribution in [0.4, 0.5) is 5.13 Å². The van der Waals surface area contributed by atoms with Gasteiger partial charge in [0.1, 0.15) is 0 Å². The van der Waals surface area contributed by atoms with Crippen molar-refractivity contribution in [2.75, 3.05) is 18.5 Å². The normalized spacial score (nSPS) is 20.1. The van der Waals surface area contributed by atoms with Crippen LogP contribution in [0.2, 0.25) is 0 Å². The molecule has 0 amide bonds. The lowest BCUT2D eigenvalue weighted by Crippen LogP contribution is -2.21. The number of aromatic nitrogens is 1. The Morgan fingerprint density at radius 2 is 2.53 bits per heavy atom. The predicted molar refractivity (Wildman–Crippen MR) is 65.8 cm³/mol. The molecule has 1 aliphatic heterocycles. The van der Waals surface area contributed by atoms with E-state index in [1.54, 1.807) is 5.38 Å². The van der Waals surface area contributed by atoms with Gasteiger partial charge in [-0.3, -0.25) is 0 Å². The minimum Gasteiger partial charge on any atom is -0.476 e. The summed E-state index contributed by atoms with van der Waals surface area (Å²) in [7, 11) is 0. The maximum atomic E-state index is 10.6. The van der Waals surface area contributed by atoms with Gasteiger partial charge in [0, 0.05) is 18.5 Å². The van der Waals surface area contributed by atoms with Crippen LogP contribution < -0.4 is 5.32 Å². The molecule has 1 aromatic heterocycles. The summed E-state index contributed by atoms with van der Waals surface area (Å²) in [6.45, 7) is 1.64. The van der Waals surface area contributed by atoms with Crippen LogP contribution >= 0.6 is 11.3 Å². The lowest BCUT2D eigenvalue weighted by Gasteiger charge is -2.22. The van der Waals surface area contributed by atoms with E-state index >= 15 is 0 Å². The Labute approximate surface area is 104 Å². The number of nitrogens with one attached hydrogen (secondary N) is 1. The molecule has 1 aromatic rings. The Morgan fingerprint density at radius 1 is 1.65 bits per heavy atom. The van der Waals surface area contributed by atoms with Gasteiger partial charge < -0.3 is 15.2 Å². The van der Waals surface area contributed by atoms with Crippen LogP contribution in [0, 0.1) is 0 Å². The number of anilines is 1. The third-order valence-corrected chi connectivity index (χ3v) is 3.54. The molecule has 2 rings (SSSR count). The van der Waals surface area contributed by atoms with Gasteiger partial charge in [0.25, 0.3) is 0 Å². The molecular weight excluding hydrogens is 240 g/mol. The molecule has 1 aliphatic rings. The molecule has 0 aliphatic carbocycles. The molecule has 94 valence electrons. The van der Waals surface area contributed by atoms with E-state index in [-0.39, 0.29) is 5.69 Å². The van der Waals surface area contributed by atoms with Crippen LogP contribution in [0.3, 0.4) is 0 Å². The number of carboxylic acids is 1. The highest BCUT2D eigenvalue weighted by Crippen LogP contribution is 2.18. The summed E-state index contributed by atoms with van der Waals surface area (Å²) in [5.74, 6) is -0.982. The number of carboxylic acid groups (broad SMARTS) is 1. The molecule has 17 heavy (non-hydrogen) atoms. The number of hydrogen-bond acceptors (Lipinski definition) is 5. The molecule has 2 N–H and O–H groups in total. The van der Waals surface area contributed by atoms with Crippen LogP contribution in [0.25, 0.3) is 0 Å². The molecule has 1 fully saturated rings. The first kappa shape index (κ1) is 12.3. The van der Waals surface area contributed by atoms with Gasteiger partial charge in [0.05, 0.1) is 6.10 Å². The van der Waals surface area contributed by atoms with E-state index in [0.29, 0.717) is 11.2 Å². The van der Waals surface area contributed by atoms with Crippen LogP contribution in [-0.2, 0) is 4.74 Å². The number of aromatic carboxylic acids is 1. The van der Waals surface area contributed by atoms with Gasteiger partial charge in [-0.05, 0) is 25.7 Å². The highest BCUT2D eigenvalue weighted by Gasteiger charge is 2.13. The topological polar surface area (TPSA) is 71.5 Å². The van der Waals surface area contributed by atoms with Crippen molar-refractivity contribution in [3.8, 4) is 0 Å². The first-order valence-corrected chi connectivity index (χ1v) is 6.68. The number of nitrogens with zero attached hydrogens (tertiary/aromatic N) is 1. The SMILES string of the molecule is O=C(O)c1csc(NCCC2CCCCO2)n1. The maximum Gasteiger partial charge on any atom is 0.355 e. The van der Waals surface area contributed by atoms with Gasteiger partial charge in [-0.15, -0.1) is 11.3 Å². The second kappa shape index (κ2) is 5.97. The monoisotopic (exact) mass is 256 g/mol. The van der Waals surface area contributed by atoms with Crippen LogP contribution in [0.1, 0.15) is 36.2 Å². The first-order chi connectivity index (χ1) is 8.25. The zero-order valence-corrected chi connectivity index (χ0v) is 10.3. The van der Waals surface area contributed by atoms with Gasteiger partial charge in [-0.25, -0.2) is 9.78 Å². The van der Waals surface area contributed by atoms with Crippen molar-refractivity contribution in [3.63, 3.8) is 0 Å². The smallest absolute Gasteiger partial charge is 0.355 e. The largest absolute Gasteiger partial charge is 0.476 e. The summed E-state index contributed by atoms with van der Waals surface area (Å²) in [4.78, 5) is 14.6. The zero-order valence-electron chi connectivity index (χ0n) is 9.52. The molecule has 1 atom stereocenters. The predicted octanol–water partition coefficient (Wildman–Crippen LogP) is 2.21. The van der Waals surface area contributed by atoms with Crippen LogP contribution in [0.5, 0.6) is 0 Å². The minimum absolute atomic E-state index is 0.103. The summed E-state index contributed by atoms with van der Waals surface area (Å²) >= 11 is 1.32. The second-order valence-corrected chi connectivity index (χ2v) is 4.91. The number of carbonyl (C=O) groups is 1. The molecule has 0 saturated carbocycles. The molecular formula is C11H16N2O3S. The maximum absolute atomic E-state index is 10.6. The summed E-state index contributed by atoms with van der Waals surface area (Å²) < 4.78 is 5.61. The molecule has 1 saturated heterocycles. The van der Waals surface area contributed by atoms with Crippen molar-refractivity contribution in [1.82, 2.24) is 4.98 Å². The van der Waals surface area contributed by atoms with E-state index in [4.69, 9.17) is 9.84 Å². The van der Waals surface area contributed by atoms with Gasteiger partial charge in [0.2, 0.25) is 0 Å². The Hall–Kier alpha value is -1.14. The number of thiazole rings is 1. The highest BCUT2D eigenvalue weighted by molar-refractivity contribution is 7.13. The summed E-state index contributed by atoms with van der Waals surface area (Å²) in [6.07, 6.45) is 4.82. The Morgan fingerprint density at radius 3 is 3.18 bits per heavy atom. The van der Waals surface area contributed by atoms with Gasteiger partial charge in [-0.1, -0.05) is 0 Å². The van der Waals surface area contributed by atoms with Crippen molar-refractivity contribution in [3.05, 3.63) is 11.1 Å². The average Bonchev–Trinajstić information content (AvgIpc) is 2.79. The van der Waals surface area contributed by atoms with Gasteiger partial charge in [-0.2, -0.15) is 0 Å². The quantitative estimate of drug-likeness (QED) is 0.845. The first-order valence-electron chi connectivity index (χ1n) is 5.80. The van der Waals surface area contributed by atoms with E-state index in [0.717, 1.165) is 26.0 Å². The third-order valence-electron chi connectivity index (χ3n) is 2.74. The van der Waals surface area contributed by atoms with Crippen molar-refractivity contribution in [1.29, 1.82) is 0 Å². The highest BCUT2D eigenvalue weighted by atomic mass is 32.1. The van der Waals surface area contributed by atoms with Crippen molar-refractivity contribution < 1.29 is 14.6 Å².